The van der Waals surface area contributed by atoms with E-state index >= 15 is 0 Å². The van der Waals surface area contributed by atoms with Gasteiger partial charge in [0.1, 0.15) is 13.2 Å². The summed E-state index contributed by atoms with van der Waals surface area (Å²) < 4.78 is 10.9. The molecular weight excluding hydrogens is 428 g/mol. The first-order chi connectivity index (χ1) is 15.3. The minimum Gasteiger partial charge on any atom is -0.493 e. The predicted octanol–water partition coefficient (Wildman–Crippen LogP) is 4.55. The van der Waals surface area contributed by atoms with Gasteiger partial charge in [0, 0.05) is 5.69 Å². The first kappa shape index (κ1) is 23.1. The number of benzene rings is 2. The van der Waals surface area contributed by atoms with Crippen LogP contribution in [0.25, 0.3) is 6.08 Å². The Morgan fingerprint density at radius 1 is 1.12 bits per heavy atom. The number of hydrogen-bond acceptors (Lipinski definition) is 6. The van der Waals surface area contributed by atoms with E-state index < -0.39 is 17.1 Å². The number of ether oxygens (including phenoxy) is 2. The van der Waals surface area contributed by atoms with Gasteiger partial charge in [-0.05, 0) is 72.6 Å². The van der Waals surface area contributed by atoms with Gasteiger partial charge in [-0.1, -0.05) is 24.8 Å². The van der Waals surface area contributed by atoms with Crippen molar-refractivity contribution in [1.29, 1.82) is 0 Å². The molecule has 8 heteroatoms. The van der Waals surface area contributed by atoms with Crippen LogP contribution in [0.15, 0.2) is 54.0 Å². The molecular formula is C24H24N2O5S. The van der Waals surface area contributed by atoms with E-state index in [0.29, 0.717) is 29.4 Å². The Morgan fingerprint density at radius 3 is 2.59 bits per heavy atom. The monoisotopic (exact) mass is 452 g/mol. The molecule has 1 N–H and O–H groups in total. The van der Waals surface area contributed by atoms with Gasteiger partial charge in [0.15, 0.2) is 11.5 Å². The van der Waals surface area contributed by atoms with Crippen molar-refractivity contribution in [3.05, 3.63) is 70.6 Å². The largest absolute Gasteiger partial charge is 0.493 e. The summed E-state index contributed by atoms with van der Waals surface area (Å²) in [5.74, 6) is 0.0802. The van der Waals surface area contributed by atoms with E-state index in [2.05, 4.69) is 11.9 Å². The summed E-state index contributed by atoms with van der Waals surface area (Å²) in [5.41, 5.74) is 3.42. The molecule has 0 bridgehead atoms. The molecule has 0 aromatic heterocycles. The van der Waals surface area contributed by atoms with Crippen molar-refractivity contribution in [2.24, 2.45) is 0 Å². The second-order valence-corrected chi connectivity index (χ2v) is 8.12. The van der Waals surface area contributed by atoms with E-state index in [1.165, 1.54) is 7.11 Å². The number of nitrogens with zero attached hydrogens (tertiary/aromatic N) is 1. The third-order valence-corrected chi connectivity index (χ3v) is 5.72. The number of aryl methyl sites for hydroxylation is 2. The summed E-state index contributed by atoms with van der Waals surface area (Å²) in [7, 11) is 1.52. The van der Waals surface area contributed by atoms with E-state index in [0.717, 1.165) is 27.8 Å². The van der Waals surface area contributed by atoms with Crippen molar-refractivity contribution >= 4 is 40.6 Å². The Labute approximate surface area is 191 Å². The van der Waals surface area contributed by atoms with Gasteiger partial charge in [0.2, 0.25) is 5.91 Å². The highest BCUT2D eigenvalue weighted by molar-refractivity contribution is 8.18. The number of carbonyl (C=O) groups excluding carboxylic acids is 3. The molecule has 1 aliphatic heterocycles. The van der Waals surface area contributed by atoms with Crippen molar-refractivity contribution in [2.75, 3.05) is 25.6 Å². The number of thioether (sulfide) groups is 1. The Bertz CT molecular complexity index is 1110. The lowest BCUT2D eigenvalue weighted by Gasteiger charge is -2.13. The van der Waals surface area contributed by atoms with E-state index in [1.807, 2.05) is 26.0 Å². The molecule has 1 aliphatic rings. The number of imide groups is 1. The molecule has 7 nitrogen and oxygen atoms in total. The highest BCUT2D eigenvalue weighted by Crippen LogP contribution is 2.34. The number of nitrogens with one attached hydrogen (secondary N) is 1. The second kappa shape index (κ2) is 10.2. The topological polar surface area (TPSA) is 84.9 Å². The number of hydrogen-bond donors (Lipinski definition) is 1. The summed E-state index contributed by atoms with van der Waals surface area (Å²) in [6, 6.07) is 10.7. The fourth-order valence-corrected chi connectivity index (χ4v) is 3.83. The van der Waals surface area contributed by atoms with Crippen LogP contribution >= 0.6 is 11.8 Å². The second-order valence-electron chi connectivity index (χ2n) is 7.13. The number of methoxy groups -OCH3 is 1. The molecule has 0 spiro atoms. The lowest BCUT2D eigenvalue weighted by molar-refractivity contribution is -0.127. The normalized spacial score (nSPS) is 14.6. The average Bonchev–Trinajstić information content (AvgIpc) is 3.02. The fraction of sp³-hybridized carbons (Fsp3) is 0.208. The van der Waals surface area contributed by atoms with Crippen molar-refractivity contribution in [3.8, 4) is 11.5 Å². The third-order valence-electron chi connectivity index (χ3n) is 4.81. The van der Waals surface area contributed by atoms with Gasteiger partial charge in [-0.2, -0.15) is 0 Å². The smallest absolute Gasteiger partial charge is 0.294 e. The minimum absolute atomic E-state index is 0.232. The van der Waals surface area contributed by atoms with Gasteiger partial charge in [0.25, 0.3) is 11.1 Å². The SMILES string of the molecule is C=CCOc1ccc(/C=C2/SC(=O)N(CC(=O)Nc3ccc(C)c(C)c3)C2=O)cc1OC. The Balaban J connectivity index is 1.71. The van der Waals surface area contributed by atoms with Gasteiger partial charge in [-0.15, -0.1) is 0 Å². The molecule has 32 heavy (non-hydrogen) atoms. The molecule has 1 heterocycles. The van der Waals surface area contributed by atoms with Crippen LogP contribution in [0.2, 0.25) is 0 Å². The van der Waals surface area contributed by atoms with Gasteiger partial charge in [-0.25, -0.2) is 0 Å². The molecule has 1 saturated heterocycles. The van der Waals surface area contributed by atoms with Crippen LogP contribution in [0.4, 0.5) is 10.5 Å². The number of carbonyl (C=O) groups is 3. The molecule has 0 atom stereocenters. The van der Waals surface area contributed by atoms with Crippen LogP contribution in [-0.2, 0) is 9.59 Å². The maximum absolute atomic E-state index is 12.7. The van der Waals surface area contributed by atoms with E-state index in [9.17, 15) is 14.4 Å². The first-order valence-electron chi connectivity index (χ1n) is 9.86. The summed E-state index contributed by atoms with van der Waals surface area (Å²) >= 11 is 0.794. The van der Waals surface area contributed by atoms with Gasteiger partial charge >= 0.3 is 0 Å². The summed E-state index contributed by atoms with van der Waals surface area (Å²) in [4.78, 5) is 38.7. The first-order valence-corrected chi connectivity index (χ1v) is 10.7. The summed E-state index contributed by atoms with van der Waals surface area (Å²) in [6.45, 7) is 7.51. The molecule has 0 radical (unpaired) electrons. The van der Waals surface area contributed by atoms with Gasteiger partial charge in [0.05, 0.1) is 12.0 Å². The van der Waals surface area contributed by atoms with Crippen LogP contribution < -0.4 is 14.8 Å². The van der Waals surface area contributed by atoms with Crippen molar-refractivity contribution in [1.82, 2.24) is 4.90 Å². The zero-order chi connectivity index (χ0) is 23.3. The average molecular weight is 453 g/mol. The van der Waals surface area contributed by atoms with E-state index in [1.54, 1.807) is 36.4 Å². The van der Waals surface area contributed by atoms with Gasteiger partial charge in [-0.3, -0.25) is 19.3 Å². The molecule has 3 rings (SSSR count). The molecule has 166 valence electrons. The molecule has 0 aliphatic carbocycles. The Morgan fingerprint density at radius 2 is 1.91 bits per heavy atom. The fourth-order valence-electron chi connectivity index (χ4n) is 2.99. The Kier molecular flexibility index (Phi) is 7.37. The van der Waals surface area contributed by atoms with Crippen molar-refractivity contribution in [2.45, 2.75) is 13.8 Å². The number of anilines is 1. The maximum Gasteiger partial charge on any atom is 0.294 e. The zero-order valence-electron chi connectivity index (χ0n) is 18.1. The number of amides is 3. The summed E-state index contributed by atoms with van der Waals surface area (Å²) in [5, 5.41) is 2.24. The molecule has 2 aromatic rings. The number of rotatable bonds is 8. The van der Waals surface area contributed by atoms with Crippen LogP contribution in [-0.4, -0.2) is 42.2 Å². The van der Waals surface area contributed by atoms with Crippen LogP contribution in [0.1, 0.15) is 16.7 Å². The van der Waals surface area contributed by atoms with E-state index in [-0.39, 0.29) is 11.4 Å². The predicted molar refractivity (Wildman–Crippen MR) is 126 cm³/mol. The third kappa shape index (κ3) is 5.39. The molecule has 3 amide bonds. The molecule has 0 saturated carbocycles. The highest BCUT2D eigenvalue weighted by atomic mass is 32.2. The van der Waals surface area contributed by atoms with Crippen molar-refractivity contribution in [3.63, 3.8) is 0 Å². The minimum atomic E-state index is -0.513. The van der Waals surface area contributed by atoms with Gasteiger partial charge < -0.3 is 14.8 Å². The van der Waals surface area contributed by atoms with Crippen LogP contribution in [0, 0.1) is 13.8 Å². The standard InChI is InChI=1S/C24H24N2O5S/c1-5-10-31-19-9-7-17(12-20(19)30-4)13-21-23(28)26(24(29)32-21)14-22(27)25-18-8-6-15(2)16(3)11-18/h5-9,11-13H,1,10,14H2,2-4H3,(H,25,27)/b21-13+. The highest BCUT2D eigenvalue weighted by Gasteiger charge is 2.36. The summed E-state index contributed by atoms with van der Waals surface area (Å²) in [6.07, 6.45) is 3.21. The van der Waals surface area contributed by atoms with Crippen LogP contribution in [0.5, 0.6) is 11.5 Å². The molecule has 1 fully saturated rings. The molecule has 0 unspecified atom stereocenters. The Hall–Kier alpha value is -3.52. The lowest BCUT2D eigenvalue weighted by Crippen LogP contribution is -2.36. The zero-order valence-corrected chi connectivity index (χ0v) is 19.0. The van der Waals surface area contributed by atoms with E-state index in [4.69, 9.17) is 9.47 Å². The van der Waals surface area contributed by atoms with Crippen molar-refractivity contribution < 1.29 is 23.9 Å². The maximum atomic E-state index is 12.7. The quantitative estimate of drug-likeness (QED) is 0.467. The van der Waals surface area contributed by atoms with Crippen LogP contribution in [0.3, 0.4) is 0 Å². The lowest BCUT2D eigenvalue weighted by atomic mass is 10.1. The molecule has 2 aromatic carbocycles.